The van der Waals surface area contributed by atoms with Crippen LogP contribution in [-0.2, 0) is 14.3 Å². The Hall–Kier alpha value is -1.56. The number of benzene rings is 1. The molecule has 0 aliphatic carbocycles. The largest absolute Gasteiger partial charge is 0.423 e. The van der Waals surface area contributed by atoms with Gasteiger partial charge in [0.2, 0.25) is 0 Å². The van der Waals surface area contributed by atoms with Crippen molar-refractivity contribution >= 4 is 16.2 Å². The van der Waals surface area contributed by atoms with E-state index in [9.17, 15) is 13.2 Å². The molecular formula is C10H13NO4S. The van der Waals surface area contributed by atoms with Crippen molar-refractivity contribution in [1.82, 2.24) is 5.32 Å². The Kier molecular flexibility index (Phi) is 4.30. The Morgan fingerprint density at radius 3 is 2.50 bits per heavy atom. The molecule has 0 aliphatic rings. The molecule has 0 heterocycles. The zero-order chi connectivity index (χ0) is 12.0. The van der Waals surface area contributed by atoms with Gasteiger partial charge in [0, 0.05) is 6.54 Å². The summed E-state index contributed by atoms with van der Waals surface area (Å²) in [6.45, 7) is 2.23. The summed E-state index contributed by atoms with van der Waals surface area (Å²) in [5.41, 5.74) is 0. The zero-order valence-electron chi connectivity index (χ0n) is 8.84. The van der Waals surface area contributed by atoms with Crippen LogP contribution in [0.3, 0.4) is 0 Å². The number of carbonyl (C=O) groups excluding carboxylic acids is 1. The predicted molar refractivity (Wildman–Crippen MR) is 58.4 cm³/mol. The Morgan fingerprint density at radius 1 is 1.31 bits per heavy atom. The van der Waals surface area contributed by atoms with Crippen molar-refractivity contribution in [2.24, 2.45) is 0 Å². The summed E-state index contributed by atoms with van der Waals surface area (Å²) in [5.74, 6) is 0. The summed E-state index contributed by atoms with van der Waals surface area (Å²) in [6, 6.07) is 7.52. The van der Waals surface area contributed by atoms with E-state index in [1.807, 2.05) is 6.92 Å². The molecule has 1 amide bonds. The zero-order valence-corrected chi connectivity index (χ0v) is 9.66. The molecule has 0 atom stereocenters. The molecule has 0 saturated carbocycles. The van der Waals surface area contributed by atoms with Crippen molar-refractivity contribution in [3.05, 3.63) is 30.3 Å². The summed E-state index contributed by atoms with van der Waals surface area (Å²) in [7, 11) is -4.00. The van der Waals surface area contributed by atoms with Gasteiger partial charge in [-0.25, -0.2) is 4.79 Å². The molecule has 0 aromatic heterocycles. The summed E-state index contributed by atoms with van der Waals surface area (Å²) in [5, 5.41) is 2.32. The van der Waals surface area contributed by atoms with Gasteiger partial charge in [-0.2, -0.15) is 8.42 Å². The quantitative estimate of drug-likeness (QED) is 0.813. The van der Waals surface area contributed by atoms with Crippen LogP contribution < -0.4 is 5.32 Å². The van der Waals surface area contributed by atoms with Crippen molar-refractivity contribution in [1.29, 1.82) is 0 Å². The minimum Gasteiger partial charge on any atom is -0.324 e. The first-order valence-electron chi connectivity index (χ1n) is 4.83. The van der Waals surface area contributed by atoms with Crippen molar-refractivity contribution in [2.75, 3.05) is 6.54 Å². The van der Waals surface area contributed by atoms with Crippen molar-refractivity contribution in [3.63, 3.8) is 0 Å². The number of nitrogens with one attached hydrogen (secondary N) is 1. The third-order valence-electron chi connectivity index (χ3n) is 1.74. The van der Waals surface area contributed by atoms with Gasteiger partial charge in [-0.1, -0.05) is 25.1 Å². The van der Waals surface area contributed by atoms with Crippen LogP contribution in [0.2, 0.25) is 0 Å². The number of hydrogen-bond acceptors (Lipinski definition) is 4. The number of amides is 1. The van der Waals surface area contributed by atoms with Crippen LogP contribution in [0.25, 0.3) is 0 Å². The van der Waals surface area contributed by atoms with E-state index in [1.54, 1.807) is 18.2 Å². The van der Waals surface area contributed by atoms with Gasteiger partial charge >= 0.3 is 16.2 Å². The van der Waals surface area contributed by atoms with E-state index in [2.05, 4.69) is 9.50 Å². The van der Waals surface area contributed by atoms with Gasteiger partial charge in [-0.05, 0) is 18.6 Å². The molecule has 1 aromatic rings. The maximum absolute atomic E-state index is 11.5. The van der Waals surface area contributed by atoms with E-state index in [0.29, 0.717) is 13.0 Å². The third kappa shape index (κ3) is 3.54. The molecule has 16 heavy (non-hydrogen) atoms. The van der Waals surface area contributed by atoms with Crippen LogP contribution in [0, 0.1) is 0 Å². The highest BCUT2D eigenvalue weighted by Crippen LogP contribution is 2.10. The van der Waals surface area contributed by atoms with Crippen LogP contribution in [0.5, 0.6) is 0 Å². The van der Waals surface area contributed by atoms with E-state index in [4.69, 9.17) is 0 Å². The highest BCUT2D eigenvalue weighted by molar-refractivity contribution is 7.87. The molecule has 0 bridgehead atoms. The SMILES string of the molecule is CCCNC(=O)OS(=O)(=O)c1ccccc1. The van der Waals surface area contributed by atoms with Gasteiger partial charge < -0.3 is 9.50 Å². The molecule has 5 nitrogen and oxygen atoms in total. The lowest BCUT2D eigenvalue weighted by Gasteiger charge is -2.05. The topological polar surface area (TPSA) is 72.5 Å². The Morgan fingerprint density at radius 2 is 1.94 bits per heavy atom. The van der Waals surface area contributed by atoms with Crippen LogP contribution in [0.1, 0.15) is 13.3 Å². The molecule has 1 rings (SSSR count). The van der Waals surface area contributed by atoms with Gasteiger partial charge in [0.05, 0.1) is 0 Å². The maximum atomic E-state index is 11.5. The second-order valence-electron chi connectivity index (χ2n) is 3.06. The van der Waals surface area contributed by atoms with Gasteiger partial charge in [-0.3, -0.25) is 0 Å². The van der Waals surface area contributed by atoms with E-state index >= 15 is 0 Å². The van der Waals surface area contributed by atoms with Crippen molar-refractivity contribution < 1.29 is 17.4 Å². The average molecular weight is 243 g/mol. The molecule has 0 saturated heterocycles. The smallest absolute Gasteiger partial charge is 0.324 e. The van der Waals surface area contributed by atoms with E-state index < -0.39 is 16.2 Å². The van der Waals surface area contributed by atoms with E-state index in [1.165, 1.54) is 12.1 Å². The molecule has 0 spiro atoms. The monoisotopic (exact) mass is 243 g/mol. The summed E-state index contributed by atoms with van der Waals surface area (Å²) in [6.07, 6.45) is -0.244. The Bertz CT molecular complexity index is 441. The minimum absolute atomic E-state index is 0.0401. The van der Waals surface area contributed by atoms with Crippen molar-refractivity contribution in [2.45, 2.75) is 18.2 Å². The highest BCUT2D eigenvalue weighted by atomic mass is 32.2. The molecular weight excluding hydrogens is 230 g/mol. The molecule has 0 fully saturated rings. The van der Waals surface area contributed by atoms with Gasteiger partial charge in [0.1, 0.15) is 4.90 Å². The third-order valence-corrected chi connectivity index (χ3v) is 2.96. The predicted octanol–water partition coefficient (Wildman–Crippen LogP) is 1.51. The highest BCUT2D eigenvalue weighted by Gasteiger charge is 2.18. The van der Waals surface area contributed by atoms with Crippen LogP contribution in [0.4, 0.5) is 4.79 Å². The molecule has 0 aliphatic heterocycles. The van der Waals surface area contributed by atoms with Gasteiger partial charge in [-0.15, -0.1) is 0 Å². The second kappa shape index (κ2) is 5.50. The minimum atomic E-state index is -4.00. The van der Waals surface area contributed by atoms with Crippen LogP contribution >= 0.6 is 0 Å². The second-order valence-corrected chi connectivity index (χ2v) is 4.61. The van der Waals surface area contributed by atoms with E-state index in [-0.39, 0.29) is 4.90 Å². The molecule has 0 radical (unpaired) electrons. The van der Waals surface area contributed by atoms with Crippen LogP contribution in [-0.4, -0.2) is 21.1 Å². The summed E-state index contributed by atoms with van der Waals surface area (Å²) in [4.78, 5) is 11.0. The summed E-state index contributed by atoms with van der Waals surface area (Å²) < 4.78 is 27.4. The fourth-order valence-electron chi connectivity index (χ4n) is 0.991. The molecule has 1 aromatic carbocycles. The maximum Gasteiger partial charge on any atom is 0.423 e. The fourth-order valence-corrected chi connectivity index (χ4v) is 1.84. The standard InChI is InChI=1S/C10H13NO4S/c1-2-8-11-10(12)15-16(13,14)9-6-4-3-5-7-9/h3-7H,2,8H2,1H3,(H,11,12). The molecule has 88 valence electrons. The summed E-state index contributed by atoms with van der Waals surface area (Å²) >= 11 is 0. The van der Waals surface area contributed by atoms with Gasteiger partial charge in [0.15, 0.2) is 0 Å². The lowest BCUT2D eigenvalue weighted by molar-refractivity contribution is 0.202. The molecule has 6 heteroatoms. The molecule has 0 unspecified atom stereocenters. The van der Waals surface area contributed by atoms with Gasteiger partial charge in [0.25, 0.3) is 0 Å². The first-order chi connectivity index (χ1) is 7.56. The van der Waals surface area contributed by atoms with E-state index in [0.717, 1.165) is 0 Å². The van der Waals surface area contributed by atoms with Crippen LogP contribution in [0.15, 0.2) is 35.2 Å². The fraction of sp³-hybridized carbons (Fsp3) is 0.300. The number of carbonyl (C=O) groups is 1. The lowest BCUT2D eigenvalue weighted by Crippen LogP contribution is -2.27. The Labute approximate surface area is 94.6 Å². The Balaban J connectivity index is 2.70. The normalized spacial score (nSPS) is 10.8. The number of hydrogen-bond donors (Lipinski definition) is 1. The lowest BCUT2D eigenvalue weighted by atomic mass is 10.4. The first kappa shape index (κ1) is 12.5. The average Bonchev–Trinajstić information content (AvgIpc) is 2.27. The first-order valence-corrected chi connectivity index (χ1v) is 6.24. The molecule has 1 N–H and O–H groups in total. The van der Waals surface area contributed by atoms with Crippen molar-refractivity contribution in [3.8, 4) is 0 Å². The number of rotatable bonds is 4.